The molecule has 1 aromatic rings. The monoisotopic (exact) mass is 139 g/mol. The number of nitrogens with one attached hydrogen (secondary N) is 1. The van der Waals surface area contributed by atoms with Gasteiger partial charge in [0, 0.05) is 20.2 Å². The number of aromatic nitrogens is 2. The van der Waals surface area contributed by atoms with Gasteiger partial charge >= 0.3 is 0 Å². The second kappa shape index (κ2) is 2.73. The van der Waals surface area contributed by atoms with Crippen molar-refractivity contribution in [2.75, 3.05) is 12.4 Å². The minimum absolute atomic E-state index is 0.996. The van der Waals surface area contributed by atoms with Gasteiger partial charge in [-0.15, -0.1) is 0 Å². The molecule has 0 aliphatic heterocycles. The lowest BCUT2D eigenvalue weighted by Gasteiger charge is -1.96. The molecule has 0 amide bonds. The van der Waals surface area contributed by atoms with E-state index in [0.717, 1.165) is 17.9 Å². The second-order valence-electron chi connectivity index (χ2n) is 2.25. The van der Waals surface area contributed by atoms with Gasteiger partial charge in [-0.3, -0.25) is 4.68 Å². The Hall–Kier alpha value is -0.990. The normalized spacial score (nSPS) is 9.90. The Morgan fingerprint density at radius 3 is 2.70 bits per heavy atom. The van der Waals surface area contributed by atoms with Crippen molar-refractivity contribution in [3.8, 4) is 0 Å². The Balaban J connectivity index is 2.92. The van der Waals surface area contributed by atoms with Crippen molar-refractivity contribution in [3.05, 3.63) is 11.8 Å². The van der Waals surface area contributed by atoms with E-state index in [9.17, 15) is 0 Å². The van der Waals surface area contributed by atoms with Crippen molar-refractivity contribution in [2.45, 2.75) is 13.3 Å². The molecule has 0 aromatic carbocycles. The van der Waals surface area contributed by atoms with Crippen LogP contribution in [0.5, 0.6) is 0 Å². The molecule has 1 N–H and O–H groups in total. The molecule has 0 saturated heterocycles. The highest BCUT2D eigenvalue weighted by molar-refractivity contribution is 5.35. The van der Waals surface area contributed by atoms with Gasteiger partial charge in [0.2, 0.25) is 0 Å². The Morgan fingerprint density at radius 2 is 2.40 bits per heavy atom. The Labute approximate surface area is 61.0 Å². The van der Waals surface area contributed by atoms with E-state index in [-0.39, 0.29) is 0 Å². The smallest absolute Gasteiger partial charge is 0.123 e. The molecule has 56 valence electrons. The van der Waals surface area contributed by atoms with E-state index in [1.807, 2.05) is 18.8 Å². The maximum Gasteiger partial charge on any atom is 0.123 e. The molecule has 0 aliphatic carbocycles. The van der Waals surface area contributed by atoms with Gasteiger partial charge in [0.25, 0.3) is 0 Å². The number of hydrogen-bond acceptors (Lipinski definition) is 2. The van der Waals surface area contributed by atoms with Crippen molar-refractivity contribution in [3.63, 3.8) is 0 Å². The first kappa shape index (κ1) is 7.12. The fourth-order valence-electron chi connectivity index (χ4n) is 0.933. The molecule has 0 atom stereocenters. The molecule has 0 saturated carbocycles. The quantitative estimate of drug-likeness (QED) is 0.663. The summed E-state index contributed by atoms with van der Waals surface area (Å²) in [7, 11) is 3.83. The van der Waals surface area contributed by atoms with Gasteiger partial charge in [-0.2, -0.15) is 5.10 Å². The Morgan fingerprint density at radius 1 is 1.70 bits per heavy atom. The maximum absolute atomic E-state index is 4.25. The molecule has 3 heteroatoms. The molecule has 0 spiro atoms. The fourth-order valence-corrected chi connectivity index (χ4v) is 0.933. The first-order valence-corrected chi connectivity index (χ1v) is 3.48. The summed E-state index contributed by atoms with van der Waals surface area (Å²) in [5.74, 6) is 1.07. The summed E-state index contributed by atoms with van der Waals surface area (Å²) in [5, 5.41) is 7.30. The summed E-state index contributed by atoms with van der Waals surface area (Å²) in [5.41, 5.74) is 1.13. The number of hydrogen-bond donors (Lipinski definition) is 1. The predicted molar refractivity (Wildman–Crippen MR) is 42.1 cm³/mol. The van der Waals surface area contributed by atoms with E-state index in [1.54, 1.807) is 0 Å². The molecular weight excluding hydrogens is 126 g/mol. The zero-order chi connectivity index (χ0) is 7.56. The molecule has 0 fully saturated rings. The summed E-state index contributed by atoms with van der Waals surface area (Å²) < 4.78 is 1.85. The number of nitrogens with zero attached hydrogens (tertiary/aromatic N) is 2. The van der Waals surface area contributed by atoms with Crippen LogP contribution in [0.2, 0.25) is 0 Å². The fraction of sp³-hybridized carbons (Fsp3) is 0.571. The standard InChI is InChI=1S/C7H13N3/c1-4-6-5-7(8-2)10(3)9-6/h5,8H,4H2,1-3H3. The SMILES string of the molecule is CCc1cc(NC)n(C)n1. The topological polar surface area (TPSA) is 29.9 Å². The van der Waals surface area contributed by atoms with Gasteiger partial charge in [0.15, 0.2) is 0 Å². The average molecular weight is 139 g/mol. The summed E-state index contributed by atoms with van der Waals surface area (Å²) in [6, 6.07) is 2.06. The maximum atomic E-state index is 4.25. The third-order valence-corrected chi connectivity index (χ3v) is 1.55. The molecule has 0 bridgehead atoms. The molecule has 0 unspecified atom stereocenters. The Kier molecular flexibility index (Phi) is 1.94. The second-order valence-corrected chi connectivity index (χ2v) is 2.25. The summed E-state index contributed by atoms with van der Waals surface area (Å²) in [4.78, 5) is 0. The number of aryl methyl sites for hydroxylation is 2. The highest BCUT2D eigenvalue weighted by atomic mass is 15.3. The Bertz CT molecular complexity index is 215. The molecule has 0 aliphatic rings. The van der Waals surface area contributed by atoms with Crippen molar-refractivity contribution < 1.29 is 0 Å². The third kappa shape index (κ3) is 1.12. The summed E-state index contributed by atoms with van der Waals surface area (Å²) in [6.45, 7) is 2.10. The minimum atomic E-state index is 0.996. The van der Waals surface area contributed by atoms with Gasteiger partial charge in [0.1, 0.15) is 5.82 Å². The van der Waals surface area contributed by atoms with Crippen LogP contribution in [0.4, 0.5) is 5.82 Å². The minimum Gasteiger partial charge on any atom is -0.373 e. The average Bonchev–Trinajstić information content (AvgIpc) is 2.30. The predicted octanol–water partition coefficient (Wildman–Crippen LogP) is 1.02. The zero-order valence-corrected chi connectivity index (χ0v) is 6.68. The molecule has 3 nitrogen and oxygen atoms in total. The first-order chi connectivity index (χ1) is 4.77. The van der Waals surface area contributed by atoms with Gasteiger partial charge in [-0.1, -0.05) is 6.92 Å². The van der Waals surface area contributed by atoms with Crippen LogP contribution in [-0.4, -0.2) is 16.8 Å². The van der Waals surface area contributed by atoms with Crippen LogP contribution in [0.1, 0.15) is 12.6 Å². The van der Waals surface area contributed by atoms with Crippen molar-refractivity contribution in [2.24, 2.45) is 7.05 Å². The van der Waals surface area contributed by atoms with Gasteiger partial charge in [-0.25, -0.2) is 0 Å². The van der Waals surface area contributed by atoms with Crippen LogP contribution in [0.25, 0.3) is 0 Å². The lowest BCUT2D eigenvalue weighted by Crippen LogP contribution is -1.97. The van der Waals surface area contributed by atoms with E-state index >= 15 is 0 Å². The van der Waals surface area contributed by atoms with E-state index in [4.69, 9.17) is 0 Å². The zero-order valence-electron chi connectivity index (χ0n) is 6.68. The van der Waals surface area contributed by atoms with Crippen molar-refractivity contribution >= 4 is 5.82 Å². The van der Waals surface area contributed by atoms with Crippen molar-refractivity contribution in [1.29, 1.82) is 0 Å². The largest absolute Gasteiger partial charge is 0.373 e. The first-order valence-electron chi connectivity index (χ1n) is 3.48. The van der Waals surface area contributed by atoms with Crippen LogP contribution in [0.15, 0.2) is 6.07 Å². The molecule has 10 heavy (non-hydrogen) atoms. The molecule has 1 heterocycles. The van der Waals surface area contributed by atoms with Crippen LogP contribution >= 0.6 is 0 Å². The van der Waals surface area contributed by atoms with E-state index in [1.165, 1.54) is 0 Å². The lowest BCUT2D eigenvalue weighted by molar-refractivity contribution is 0.752. The van der Waals surface area contributed by atoms with Crippen LogP contribution < -0.4 is 5.32 Å². The highest BCUT2D eigenvalue weighted by Gasteiger charge is 1.98. The molecule has 1 aromatic heterocycles. The highest BCUT2D eigenvalue weighted by Crippen LogP contribution is 2.07. The van der Waals surface area contributed by atoms with E-state index < -0.39 is 0 Å². The van der Waals surface area contributed by atoms with Crippen LogP contribution in [0.3, 0.4) is 0 Å². The molecular formula is C7H13N3. The van der Waals surface area contributed by atoms with E-state index in [0.29, 0.717) is 0 Å². The van der Waals surface area contributed by atoms with Gasteiger partial charge < -0.3 is 5.32 Å². The van der Waals surface area contributed by atoms with Gasteiger partial charge in [0.05, 0.1) is 5.69 Å². The summed E-state index contributed by atoms with van der Waals surface area (Å²) in [6.07, 6.45) is 0.996. The van der Waals surface area contributed by atoms with Crippen molar-refractivity contribution in [1.82, 2.24) is 9.78 Å². The third-order valence-electron chi connectivity index (χ3n) is 1.55. The number of rotatable bonds is 2. The van der Waals surface area contributed by atoms with Crippen LogP contribution in [0, 0.1) is 0 Å². The lowest BCUT2D eigenvalue weighted by atomic mass is 10.3. The number of anilines is 1. The summed E-state index contributed by atoms with van der Waals surface area (Å²) >= 11 is 0. The van der Waals surface area contributed by atoms with Gasteiger partial charge in [-0.05, 0) is 6.42 Å². The van der Waals surface area contributed by atoms with E-state index in [2.05, 4.69) is 23.4 Å². The van der Waals surface area contributed by atoms with Crippen LogP contribution in [-0.2, 0) is 13.5 Å². The molecule has 1 rings (SSSR count). The molecule has 0 radical (unpaired) electrons.